The van der Waals surface area contributed by atoms with Gasteiger partial charge in [-0.15, -0.1) is 0 Å². The molecular weight excluding hydrogens is 132 g/mol. The molecule has 1 N–H and O–H groups in total. The number of carboxylic acid groups (broad SMARTS) is 1. The van der Waals surface area contributed by atoms with E-state index in [9.17, 15) is 4.79 Å². The number of hydrogen-bond acceptors (Lipinski definition) is 2. The number of rotatable bonds is 2. The van der Waals surface area contributed by atoms with Crippen molar-refractivity contribution in [1.29, 1.82) is 0 Å². The van der Waals surface area contributed by atoms with E-state index in [-0.39, 0.29) is 6.54 Å². The standard InChI is InChI=1S/C6H10N2O2/c1-8(4-6(9)10)3-2-7-5-8/h5H,2-4H2,1H3/p+1. The molecule has 0 aromatic heterocycles. The van der Waals surface area contributed by atoms with Gasteiger partial charge in [0.25, 0.3) is 0 Å². The fourth-order valence-electron chi connectivity index (χ4n) is 1.03. The lowest BCUT2D eigenvalue weighted by atomic mass is 10.4. The highest BCUT2D eigenvalue weighted by atomic mass is 16.4. The normalized spacial score (nSPS) is 30.9. The summed E-state index contributed by atoms with van der Waals surface area (Å²) in [6, 6.07) is 0. The van der Waals surface area contributed by atoms with E-state index in [1.54, 1.807) is 6.34 Å². The lowest BCUT2D eigenvalue weighted by Gasteiger charge is -2.21. The average Bonchev–Trinajstić information content (AvgIpc) is 2.12. The van der Waals surface area contributed by atoms with Gasteiger partial charge in [0.05, 0.1) is 13.6 Å². The summed E-state index contributed by atoms with van der Waals surface area (Å²) in [5.41, 5.74) is 0. The molecule has 0 fully saturated rings. The van der Waals surface area contributed by atoms with E-state index in [1.165, 1.54) is 0 Å². The molecule has 1 atom stereocenters. The zero-order valence-electron chi connectivity index (χ0n) is 5.95. The number of quaternary nitrogens is 1. The summed E-state index contributed by atoms with van der Waals surface area (Å²) in [6.45, 7) is 1.71. The molecular formula is C6H11N2O2+. The lowest BCUT2D eigenvalue weighted by Crippen LogP contribution is -2.44. The Balaban J connectivity index is 2.52. The summed E-state index contributed by atoms with van der Waals surface area (Å²) in [4.78, 5) is 14.3. The van der Waals surface area contributed by atoms with Crippen molar-refractivity contribution in [3.63, 3.8) is 0 Å². The van der Waals surface area contributed by atoms with Gasteiger partial charge in [-0.05, 0) is 0 Å². The molecule has 1 aliphatic heterocycles. The maximum atomic E-state index is 10.3. The van der Waals surface area contributed by atoms with Gasteiger partial charge in [-0.2, -0.15) is 0 Å². The fourth-order valence-corrected chi connectivity index (χ4v) is 1.03. The third-order valence-electron chi connectivity index (χ3n) is 1.60. The second-order valence-electron chi connectivity index (χ2n) is 2.78. The minimum Gasteiger partial charge on any atom is -0.477 e. The Bertz CT molecular complexity index is 179. The molecule has 0 amide bonds. The fraction of sp³-hybridized carbons (Fsp3) is 0.667. The van der Waals surface area contributed by atoms with Crippen LogP contribution in [0.2, 0.25) is 0 Å². The second kappa shape index (κ2) is 2.38. The largest absolute Gasteiger partial charge is 0.477 e. The monoisotopic (exact) mass is 143 g/mol. The average molecular weight is 143 g/mol. The van der Waals surface area contributed by atoms with Gasteiger partial charge in [0.15, 0.2) is 12.9 Å². The number of nitrogens with zero attached hydrogens (tertiary/aromatic N) is 2. The topological polar surface area (TPSA) is 49.7 Å². The third-order valence-corrected chi connectivity index (χ3v) is 1.60. The molecule has 0 radical (unpaired) electrons. The molecule has 1 unspecified atom stereocenters. The molecule has 0 aliphatic carbocycles. The van der Waals surface area contributed by atoms with Gasteiger partial charge in [-0.1, -0.05) is 0 Å². The quantitative estimate of drug-likeness (QED) is 0.533. The van der Waals surface area contributed by atoms with E-state index in [4.69, 9.17) is 5.11 Å². The summed E-state index contributed by atoms with van der Waals surface area (Å²) in [5, 5.41) is 8.46. The Morgan fingerprint density at radius 2 is 2.60 bits per heavy atom. The molecule has 0 aromatic carbocycles. The molecule has 56 valence electrons. The predicted octanol–water partition coefficient (Wildman–Crippen LogP) is -0.441. The van der Waals surface area contributed by atoms with Gasteiger partial charge >= 0.3 is 5.97 Å². The van der Waals surface area contributed by atoms with Crippen molar-refractivity contribution in [1.82, 2.24) is 0 Å². The Morgan fingerprint density at radius 3 is 3.00 bits per heavy atom. The molecule has 1 aliphatic rings. The molecule has 4 nitrogen and oxygen atoms in total. The number of aliphatic imine (C=N–C) groups is 1. The van der Waals surface area contributed by atoms with Crippen molar-refractivity contribution in [2.24, 2.45) is 4.99 Å². The van der Waals surface area contributed by atoms with Crippen LogP contribution in [0, 0.1) is 0 Å². The molecule has 0 saturated carbocycles. The summed E-state index contributed by atoms with van der Waals surface area (Å²) in [6.07, 6.45) is 1.70. The highest BCUT2D eigenvalue weighted by Gasteiger charge is 2.26. The highest BCUT2D eigenvalue weighted by molar-refractivity contribution is 5.69. The van der Waals surface area contributed by atoms with Crippen LogP contribution in [0.3, 0.4) is 0 Å². The van der Waals surface area contributed by atoms with Crippen LogP contribution in [0.1, 0.15) is 0 Å². The van der Waals surface area contributed by atoms with Crippen LogP contribution in [0.5, 0.6) is 0 Å². The van der Waals surface area contributed by atoms with E-state index >= 15 is 0 Å². The summed E-state index contributed by atoms with van der Waals surface area (Å²) < 4.78 is 0.440. The zero-order chi connectivity index (χ0) is 7.61. The van der Waals surface area contributed by atoms with Gasteiger partial charge in [0.1, 0.15) is 6.54 Å². The maximum absolute atomic E-state index is 10.3. The van der Waals surface area contributed by atoms with Crippen molar-refractivity contribution < 1.29 is 14.4 Å². The van der Waals surface area contributed by atoms with Crippen LogP contribution in [0.25, 0.3) is 0 Å². The first-order valence-corrected chi connectivity index (χ1v) is 3.19. The number of carbonyl (C=O) groups is 1. The maximum Gasteiger partial charge on any atom is 0.359 e. The second-order valence-corrected chi connectivity index (χ2v) is 2.78. The third kappa shape index (κ3) is 1.54. The van der Waals surface area contributed by atoms with Crippen molar-refractivity contribution in [3.05, 3.63) is 0 Å². The van der Waals surface area contributed by atoms with Crippen LogP contribution in [-0.4, -0.2) is 48.6 Å². The van der Waals surface area contributed by atoms with E-state index in [1.807, 2.05) is 7.05 Å². The smallest absolute Gasteiger partial charge is 0.359 e. The minimum atomic E-state index is -0.768. The van der Waals surface area contributed by atoms with Crippen LogP contribution in [0.4, 0.5) is 0 Å². The molecule has 0 spiro atoms. The first-order chi connectivity index (χ1) is 4.62. The number of carboxylic acids is 1. The van der Waals surface area contributed by atoms with Gasteiger partial charge in [0.2, 0.25) is 0 Å². The van der Waals surface area contributed by atoms with Crippen molar-refractivity contribution in [3.8, 4) is 0 Å². The zero-order valence-corrected chi connectivity index (χ0v) is 5.95. The van der Waals surface area contributed by atoms with Crippen LogP contribution >= 0.6 is 0 Å². The minimum absolute atomic E-state index is 0.142. The van der Waals surface area contributed by atoms with E-state index in [2.05, 4.69) is 4.99 Å². The number of aliphatic carboxylic acids is 1. The van der Waals surface area contributed by atoms with Crippen LogP contribution in [-0.2, 0) is 4.79 Å². The number of hydrogen-bond donors (Lipinski definition) is 1. The summed E-state index contributed by atoms with van der Waals surface area (Å²) in [7, 11) is 1.87. The van der Waals surface area contributed by atoms with E-state index in [0.717, 1.165) is 13.1 Å². The van der Waals surface area contributed by atoms with Crippen molar-refractivity contribution in [2.75, 3.05) is 26.7 Å². The molecule has 0 aromatic rings. The number of likely N-dealkylation sites (N-methyl/N-ethyl adjacent to an activating group) is 1. The SMILES string of the molecule is C[N+]1(CC(=O)O)C=NCC1. The molecule has 10 heavy (non-hydrogen) atoms. The van der Waals surface area contributed by atoms with Crippen molar-refractivity contribution >= 4 is 12.3 Å². The molecule has 1 rings (SSSR count). The summed E-state index contributed by atoms with van der Waals surface area (Å²) in [5.74, 6) is -0.768. The molecule has 0 saturated heterocycles. The van der Waals surface area contributed by atoms with Crippen molar-refractivity contribution in [2.45, 2.75) is 0 Å². The van der Waals surface area contributed by atoms with Gasteiger partial charge in [0, 0.05) is 0 Å². The van der Waals surface area contributed by atoms with Gasteiger partial charge in [-0.25, -0.2) is 9.79 Å². The Hall–Kier alpha value is -0.900. The van der Waals surface area contributed by atoms with E-state index < -0.39 is 5.97 Å². The molecule has 4 heteroatoms. The predicted molar refractivity (Wildman–Crippen MR) is 36.9 cm³/mol. The highest BCUT2D eigenvalue weighted by Crippen LogP contribution is 2.03. The lowest BCUT2D eigenvalue weighted by molar-refractivity contribution is -0.799. The van der Waals surface area contributed by atoms with Crippen LogP contribution < -0.4 is 0 Å². The Morgan fingerprint density at radius 1 is 1.90 bits per heavy atom. The van der Waals surface area contributed by atoms with Gasteiger partial charge in [-0.3, -0.25) is 4.48 Å². The first-order valence-electron chi connectivity index (χ1n) is 3.19. The molecule has 0 bridgehead atoms. The first kappa shape index (κ1) is 7.21. The van der Waals surface area contributed by atoms with Gasteiger partial charge < -0.3 is 5.11 Å². The van der Waals surface area contributed by atoms with E-state index in [0.29, 0.717) is 4.48 Å². The molecule has 1 heterocycles. The Kier molecular flexibility index (Phi) is 1.72. The summed E-state index contributed by atoms with van der Waals surface area (Å²) >= 11 is 0. The van der Waals surface area contributed by atoms with Crippen LogP contribution in [0.15, 0.2) is 4.99 Å². The Labute approximate surface area is 59.4 Å².